The van der Waals surface area contributed by atoms with E-state index < -0.39 is 20.3 Å². The topological polar surface area (TPSA) is 51.0 Å². The quantitative estimate of drug-likeness (QED) is 0.183. The number of azo groups is 1. The summed E-state index contributed by atoms with van der Waals surface area (Å²) in [6.07, 6.45) is -0.872. The van der Waals surface area contributed by atoms with Crippen molar-refractivity contribution in [2.45, 2.75) is 27.7 Å². The van der Waals surface area contributed by atoms with E-state index >= 15 is 0 Å². The number of hydrogen-bond donors (Lipinski definition) is 0. The highest BCUT2D eigenvalue weighted by atomic mass is 35.6. The Morgan fingerprint density at radius 2 is 1.62 bits per heavy atom. The third kappa shape index (κ3) is 6.40. The summed E-state index contributed by atoms with van der Waals surface area (Å²) < 4.78 is 0.711. The van der Waals surface area contributed by atoms with Crippen molar-refractivity contribution < 1.29 is 9.53 Å². The molecule has 1 rings (SSSR count). The number of hydrogen-bond acceptors (Lipinski definition) is 4. The highest BCUT2D eigenvalue weighted by Crippen LogP contribution is 2.39. The first kappa shape index (κ1) is 22.7. The number of rotatable bonds is 5. The van der Waals surface area contributed by atoms with E-state index in [4.69, 9.17) is 97.5 Å². The van der Waals surface area contributed by atoms with Gasteiger partial charge in [-0.15, -0.1) is 10.2 Å². The van der Waals surface area contributed by atoms with Crippen LogP contribution < -0.4 is 0 Å². The molecule has 0 spiro atoms. The summed E-state index contributed by atoms with van der Waals surface area (Å²) >= 11 is 46.3. The molecular weight excluding hydrogens is 488 g/mol. The summed E-state index contributed by atoms with van der Waals surface area (Å²) in [6.45, 7) is 1.64. The molecule has 1 unspecified atom stereocenters. The number of esters is 1. The summed E-state index contributed by atoms with van der Waals surface area (Å²) in [5.74, 6) is -1.17. The summed E-state index contributed by atoms with van der Waals surface area (Å²) in [5.41, 5.74) is 0.0228. The Bertz CT molecular complexity index is 621. The molecule has 0 N–H and O–H groups in total. The first-order chi connectivity index (χ1) is 10.9. The van der Waals surface area contributed by atoms with E-state index in [-0.39, 0.29) is 22.2 Å². The van der Waals surface area contributed by atoms with E-state index in [1.807, 2.05) is 0 Å². The van der Waals surface area contributed by atoms with Crippen molar-refractivity contribution in [3.8, 4) is 0 Å². The van der Waals surface area contributed by atoms with Gasteiger partial charge in [0.2, 0.25) is 3.79 Å². The van der Waals surface area contributed by atoms with E-state index in [2.05, 4.69) is 10.2 Å². The molecule has 1 atom stereocenters. The van der Waals surface area contributed by atoms with E-state index in [1.165, 1.54) is 12.1 Å². The first-order valence-corrected chi connectivity index (χ1v) is 9.14. The van der Waals surface area contributed by atoms with Crippen LogP contribution >= 0.6 is 92.8 Å². The smallest absolute Gasteiger partial charge is 0.368 e. The summed E-state index contributed by atoms with van der Waals surface area (Å²) in [4.78, 5) is 12.0. The van der Waals surface area contributed by atoms with Crippen molar-refractivity contribution in [2.75, 3.05) is 0 Å². The molecule has 4 nitrogen and oxygen atoms in total. The van der Waals surface area contributed by atoms with Crippen LogP contribution in [-0.2, 0) is 9.53 Å². The molecule has 0 bridgehead atoms. The molecule has 0 aliphatic heterocycles. The van der Waals surface area contributed by atoms with Crippen LogP contribution in [-0.4, -0.2) is 20.3 Å². The molecule has 12 heteroatoms. The van der Waals surface area contributed by atoms with Gasteiger partial charge in [0.05, 0.1) is 10.0 Å². The first-order valence-electron chi connectivity index (χ1n) is 6.11. The average Bonchev–Trinajstić information content (AvgIpc) is 2.41. The van der Waals surface area contributed by atoms with Crippen LogP contribution in [0.15, 0.2) is 22.4 Å². The third-order valence-corrected chi connectivity index (χ3v) is 4.47. The SMILES string of the molecule is CCC(OC(=O)C(Cl)(Cl)N=Nc1c(Cl)cc(Cl)cc1Cl)C(Cl)(Cl)Cl. The Morgan fingerprint density at radius 3 is 2.04 bits per heavy atom. The molecular formula is C12H8Cl8N2O2. The minimum Gasteiger partial charge on any atom is -0.454 e. The van der Waals surface area contributed by atoms with E-state index in [0.717, 1.165) is 0 Å². The molecule has 134 valence electrons. The second kappa shape index (κ2) is 9.01. The summed E-state index contributed by atoms with van der Waals surface area (Å²) in [6, 6.07) is 2.75. The number of carbonyl (C=O) groups is 1. The molecule has 0 radical (unpaired) electrons. The minimum atomic E-state index is -2.39. The zero-order valence-electron chi connectivity index (χ0n) is 11.7. The predicted octanol–water partition coefficient (Wildman–Crippen LogP) is 7.55. The van der Waals surface area contributed by atoms with Gasteiger partial charge in [-0.3, -0.25) is 0 Å². The van der Waals surface area contributed by atoms with Gasteiger partial charge in [-0.2, -0.15) is 0 Å². The second-order valence-corrected chi connectivity index (χ2v) is 9.21. The third-order valence-electron chi connectivity index (χ3n) is 2.49. The Morgan fingerprint density at radius 1 is 1.12 bits per heavy atom. The molecule has 0 amide bonds. The van der Waals surface area contributed by atoms with Crippen LogP contribution in [0, 0.1) is 0 Å². The van der Waals surface area contributed by atoms with E-state index in [0.29, 0.717) is 5.02 Å². The predicted molar refractivity (Wildman–Crippen MR) is 101 cm³/mol. The lowest BCUT2D eigenvalue weighted by molar-refractivity contribution is -0.149. The van der Waals surface area contributed by atoms with Crippen LogP contribution in [0.2, 0.25) is 15.1 Å². The van der Waals surface area contributed by atoms with Gasteiger partial charge in [0.25, 0.3) is 0 Å². The maximum Gasteiger partial charge on any atom is 0.368 e. The lowest BCUT2D eigenvalue weighted by atomic mass is 10.3. The Kier molecular flexibility index (Phi) is 8.50. The minimum absolute atomic E-state index is 0.0228. The lowest BCUT2D eigenvalue weighted by Gasteiger charge is -2.24. The molecule has 0 aliphatic carbocycles. The number of nitrogens with zero attached hydrogens (tertiary/aromatic N) is 2. The van der Waals surface area contributed by atoms with Gasteiger partial charge in [-0.25, -0.2) is 4.79 Å². The highest BCUT2D eigenvalue weighted by Gasteiger charge is 2.42. The molecule has 1 aromatic carbocycles. The van der Waals surface area contributed by atoms with Gasteiger partial charge >= 0.3 is 10.4 Å². The molecule has 0 aliphatic rings. The van der Waals surface area contributed by atoms with Gasteiger partial charge in [0.1, 0.15) is 11.8 Å². The Hall–Kier alpha value is 0.610. The fourth-order valence-electron chi connectivity index (χ4n) is 1.37. The van der Waals surface area contributed by atoms with Crippen LogP contribution in [0.5, 0.6) is 0 Å². The fourth-order valence-corrected chi connectivity index (χ4v) is 3.02. The normalized spacial score (nSPS) is 14.0. The zero-order chi connectivity index (χ0) is 18.7. The van der Waals surface area contributed by atoms with Gasteiger partial charge in [-0.1, -0.05) is 99.7 Å². The van der Waals surface area contributed by atoms with Gasteiger partial charge < -0.3 is 4.74 Å². The van der Waals surface area contributed by atoms with Crippen molar-refractivity contribution in [1.82, 2.24) is 0 Å². The second-order valence-electron chi connectivity index (χ2n) is 4.30. The van der Waals surface area contributed by atoms with Crippen LogP contribution in [0.4, 0.5) is 5.69 Å². The number of alkyl halides is 5. The summed E-state index contributed by atoms with van der Waals surface area (Å²) in [5, 5.41) is 7.62. The number of ether oxygens (including phenoxy) is 1. The van der Waals surface area contributed by atoms with Gasteiger partial charge in [0, 0.05) is 5.02 Å². The van der Waals surface area contributed by atoms with Crippen LogP contribution in [0.3, 0.4) is 0 Å². The lowest BCUT2D eigenvalue weighted by Crippen LogP contribution is -2.36. The van der Waals surface area contributed by atoms with Crippen molar-refractivity contribution >= 4 is 104 Å². The van der Waals surface area contributed by atoms with Crippen molar-refractivity contribution in [3.63, 3.8) is 0 Å². The van der Waals surface area contributed by atoms with Gasteiger partial charge in [0.15, 0.2) is 0 Å². The number of halogens is 8. The fraction of sp³-hybridized carbons (Fsp3) is 0.417. The maximum atomic E-state index is 12.0. The molecule has 1 aromatic rings. The Balaban J connectivity index is 2.98. The average molecular weight is 496 g/mol. The highest BCUT2D eigenvalue weighted by molar-refractivity contribution is 6.68. The molecule has 24 heavy (non-hydrogen) atoms. The number of benzene rings is 1. The van der Waals surface area contributed by atoms with E-state index in [1.54, 1.807) is 6.92 Å². The summed E-state index contributed by atoms with van der Waals surface area (Å²) in [7, 11) is 0. The van der Waals surface area contributed by atoms with Crippen LogP contribution in [0.1, 0.15) is 13.3 Å². The Labute approximate surface area is 178 Å². The zero-order valence-corrected chi connectivity index (χ0v) is 17.7. The molecule has 0 saturated carbocycles. The number of carbonyl (C=O) groups excluding carboxylic acids is 1. The van der Waals surface area contributed by atoms with E-state index in [9.17, 15) is 4.79 Å². The van der Waals surface area contributed by atoms with Crippen molar-refractivity contribution in [3.05, 3.63) is 27.2 Å². The van der Waals surface area contributed by atoms with Gasteiger partial charge in [-0.05, 0) is 18.6 Å². The monoisotopic (exact) mass is 492 g/mol. The maximum absolute atomic E-state index is 12.0. The standard InChI is InChI=1S/C12H8Cl8N2O2/c1-2-8(11(16,17)18)24-10(23)12(19,20)22-21-9-6(14)3-5(13)4-7(9)15/h3-4,8H,2H2,1H3. The molecule has 0 fully saturated rings. The van der Waals surface area contributed by atoms with Crippen molar-refractivity contribution in [1.29, 1.82) is 0 Å². The molecule has 0 aromatic heterocycles. The largest absolute Gasteiger partial charge is 0.454 e. The molecule has 0 saturated heterocycles. The van der Waals surface area contributed by atoms with Crippen LogP contribution in [0.25, 0.3) is 0 Å². The van der Waals surface area contributed by atoms with Crippen molar-refractivity contribution in [2.24, 2.45) is 10.2 Å². The molecule has 0 heterocycles.